The predicted octanol–water partition coefficient (Wildman–Crippen LogP) is 1.26. The number of carbonyl (C=O) groups is 2. The molecule has 0 fully saturated rings. The number of rotatable bonds is 4. The summed E-state index contributed by atoms with van der Waals surface area (Å²) in [5, 5.41) is 7.36. The van der Waals surface area contributed by atoms with Gasteiger partial charge in [0.25, 0.3) is 0 Å². The molecule has 0 saturated carbocycles. The van der Waals surface area contributed by atoms with Gasteiger partial charge < -0.3 is 4.74 Å². The molecule has 0 aliphatic carbocycles. The van der Waals surface area contributed by atoms with E-state index < -0.39 is 5.97 Å². The minimum absolute atomic E-state index is 0.0352. The summed E-state index contributed by atoms with van der Waals surface area (Å²) >= 11 is 0. The normalized spacial score (nSPS) is 10.2. The van der Waals surface area contributed by atoms with Crippen LogP contribution in [-0.4, -0.2) is 33.9 Å². The number of hydrogen-bond acceptors (Lipinski definition) is 5. The van der Waals surface area contributed by atoms with Crippen molar-refractivity contribution in [2.75, 3.05) is 7.11 Å². The lowest BCUT2D eigenvalue weighted by Gasteiger charge is -2.01. The van der Waals surface area contributed by atoms with Gasteiger partial charge >= 0.3 is 5.97 Å². The molecule has 98 valence electrons. The zero-order chi connectivity index (χ0) is 13.8. The van der Waals surface area contributed by atoms with Crippen molar-refractivity contribution in [1.82, 2.24) is 15.0 Å². The van der Waals surface area contributed by atoms with E-state index in [0.717, 1.165) is 5.56 Å². The first-order chi connectivity index (χ1) is 9.10. The fourth-order valence-electron chi connectivity index (χ4n) is 1.63. The van der Waals surface area contributed by atoms with E-state index in [1.807, 2.05) is 19.1 Å². The lowest BCUT2D eigenvalue weighted by molar-refractivity contribution is 0.0593. The number of esters is 1. The molecule has 0 aliphatic heterocycles. The Kier molecular flexibility index (Phi) is 3.70. The molecule has 0 unspecified atom stereocenters. The van der Waals surface area contributed by atoms with E-state index in [-0.39, 0.29) is 18.0 Å². The van der Waals surface area contributed by atoms with E-state index in [4.69, 9.17) is 0 Å². The van der Waals surface area contributed by atoms with Crippen molar-refractivity contribution in [3.63, 3.8) is 0 Å². The minimum Gasteiger partial charge on any atom is -0.464 e. The largest absolute Gasteiger partial charge is 0.464 e. The minimum atomic E-state index is -0.575. The quantitative estimate of drug-likeness (QED) is 0.610. The third-order valence-corrected chi connectivity index (χ3v) is 2.58. The topological polar surface area (TPSA) is 74.1 Å². The number of carbonyl (C=O) groups excluding carboxylic acids is 2. The van der Waals surface area contributed by atoms with Crippen molar-refractivity contribution in [1.29, 1.82) is 0 Å². The second kappa shape index (κ2) is 5.43. The van der Waals surface area contributed by atoms with Crippen LogP contribution >= 0.6 is 0 Å². The molecular formula is C13H13N3O3. The average Bonchev–Trinajstić information content (AvgIpc) is 2.86. The van der Waals surface area contributed by atoms with Crippen LogP contribution in [0.1, 0.15) is 26.4 Å². The van der Waals surface area contributed by atoms with Gasteiger partial charge in [-0.3, -0.25) is 4.79 Å². The van der Waals surface area contributed by atoms with Gasteiger partial charge in [-0.1, -0.05) is 29.0 Å². The molecule has 1 heterocycles. The van der Waals surface area contributed by atoms with Gasteiger partial charge in [0.05, 0.1) is 13.3 Å². The molecule has 2 rings (SSSR count). The highest BCUT2D eigenvalue weighted by molar-refractivity contribution is 5.96. The van der Waals surface area contributed by atoms with Crippen LogP contribution in [0, 0.1) is 6.92 Å². The van der Waals surface area contributed by atoms with E-state index in [1.165, 1.54) is 18.0 Å². The number of ketones is 1. The zero-order valence-electron chi connectivity index (χ0n) is 10.7. The van der Waals surface area contributed by atoms with Crippen LogP contribution in [0.15, 0.2) is 30.5 Å². The highest BCUT2D eigenvalue weighted by Gasteiger charge is 2.13. The summed E-state index contributed by atoms with van der Waals surface area (Å²) in [6.45, 7) is 1.95. The van der Waals surface area contributed by atoms with Crippen molar-refractivity contribution >= 4 is 11.8 Å². The fourth-order valence-corrected chi connectivity index (χ4v) is 1.63. The zero-order valence-corrected chi connectivity index (χ0v) is 10.7. The van der Waals surface area contributed by atoms with Crippen molar-refractivity contribution < 1.29 is 14.3 Å². The Morgan fingerprint density at radius 2 is 2.16 bits per heavy atom. The fraction of sp³-hybridized carbons (Fsp3) is 0.231. The number of methoxy groups -OCH3 is 1. The van der Waals surface area contributed by atoms with Gasteiger partial charge in [0.15, 0.2) is 11.5 Å². The number of benzene rings is 1. The molecule has 0 N–H and O–H groups in total. The molecule has 0 aliphatic rings. The Balaban J connectivity index is 2.11. The highest BCUT2D eigenvalue weighted by atomic mass is 16.5. The van der Waals surface area contributed by atoms with E-state index in [1.54, 1.807) is 12.1 Å². The van der Waals surface area contributed by atoms with Gasteiger partial charge in [0.2, 0.25) is 0 Å². The third kappa shape index (κ3) is 3.04. The second-order valence-corrected chi connectivity index (χ2v) is 4.09. The van der Waals surface area contributed by atoms with Crippen molar-refractivity contribution in [2.24, 2.45) is 0 Å². The van der Waals surface area contributed by atoms with Crippen LogP contribution in [0.2, 0.25) is 0 Å². The molecule has 0 spiro atoms. The molecular weight excluding hydrogens is 246 g/mol. The molecule has 0 bridgehead atoms. The average molecular weight is 259 g/mol. The number of aryl methyl sites for hydroxylation is 1. The highest BCUT2D eigenvalue weighted by Crippen LogP contribution is 2.06. The molecule has 0 radical (unpaired) electrons. The van der Waals surface area contributed by atoms with Crippen LogP contribution in [0.5, 0.6) is 0 Å². The number of hydrogen-bond donors (Lipinski definition) is 0. The molecule has 0 saturated heterocycles. The van der Waals surface area contributed by atoms with Gasteiger partial charge in [-0.25, -0.2) is 9.48 Å². The van der Waals surface area contributed by atoms with Gasteiger partial charge in [0.1, 0.15) is 6.54 Å². The van der Waals surface area contributed by atoms with E-state index in [2.05, 4.69) is 15.0 Å². The maximum atomic E-state index is 12.0. The Bertz CT molecular complexity index is 619. The van der Waals surface area contributed by atoms with Crippen LogP contribution in [-0.2, 0) is 11.3 Å². The van der Waals surface area contributed by atoms with E-state index in [0.29, 0.717) is 5.56 Å². The lowest BCUT2D eigenvalue weighted by Crippen LogP contribution is -2.11. The maximum absolute atomic E-state index is 12.0. The molecule has 6 nitrogen and oxygen atoms in total. The number of aromatic nitrogens is 3. The summed E-state index contributed by atoms with van der Waals surface area (Å²) in [6.07, 6.45) is 1.39. The van der Waals surface area contributed by atoms with Crippen LogP contribution in [0.25, 0.3) is 0 Å². The molecule has 0 amide bonds. The summed E-state index contributed by atoms with van der Waals surface area (Å²) in [5.41, 5.74) is 1.70. The van der Waals surface area contributed by atoms with Crippen molar-refractivity contribution in [2.45, 2.75) is 13.5 Å². The monoisotopic (exact) mass is 259 g/mol. The second-order valence-electron chi connectivity index (χ2n) is 4.09. The summed E-state index contributed by atoms with van der Waals surface area (Å²) in [7, 11) is 1.26. The van der Waals surface area contributed by atoms with Crippen molar-refractivity contribution in [3.8, 4) is 0 Å². The third-order valence-electron chi connectivity index (χ3n) is 2.58. The molecule has 6 heteroatoms. The van der Waals surface area contributed by atoms with E-state index >= 15 is 0 Å². The SMILES string of the molecule is COC(=O)c1cn(CC(=O)c2cccc(C)c2)nn1. The molecule has 2 aromatic rings. The molecule has 1 aromatic heterocycles. The number of ether oxygens (including phenoxy) is 1. The predicted molar refractivity (Wildman–Crippen MR) is 66.9 cm³/mol. The van der Waals surface area contributed by atoms with Gasteiger partial charge in [-0.05, 0) is 13.0 Å². The smallest absolute Gasteiger partial charge is 0.360 e. The van der Waals surface area contributed by atoms with Gasteiger partial charge in [-0.2, -0.15) is 0 Å². The van der Waals surface area contributed by atoms with Gasteiger partial charge in [-0.15, -0.1) is 5.10 Å². The molecule has 19 heavy (non-hydrogen) atoms. The van der Waals surface area contributed by atoms with E-state index in [9.17, 15) is 9.59 Å². The molecule has 0 atom stereocenters. The Hall–Kier alpha value is -2.50. The van der Waals surface area contributed by atoms with Gasteiger partial charge in [0, 0.05) is 5.56 Å². The van der Waals surface area contributed by atoms with Crippen LogP contribution in [0.4, 0.5) is 0 Å². The van der Waals surface area contributed by atoms with Crippen LogP contribution in [0.3, 0.4) is 0 Å². The summed E-state index contributed by atoms with van der Waals surface area (Å²) in [5.74, 6) is -0.667. The first-order valence-electron chi connectivity index (χ1n) is 5.68. The Labute approximate surface area is 110 Å². The van der Waals surface area contributed by atoms with Crippen molar-refractivity contribution in [3.05, 3.63) is 47.3 Å². The summed E-state index contributed by atoms with van der Waals surface area (Å²) in [4.78, 5) is 23.2. The summed E-state index contributed by atoms with van der Waals surface area (Å²) < 4.78 is 5.83. The Morgan fingerprint density at radius 3 is 2.84 bits per heavy atom. The standard InChI is InChI=1S/C13H13N3O3/c1-9-4-3-5-10(6-9)12(17)8-16-7-11(14-15-16)13(18)19-2/h3-7H,8H2,1-2H3. The molecule has 1 aromatic carbocycles. The first-order valence-corrected chi connectivity index (χ1v) is 5.68. The summed E-state index contributed by atoms with van der Waals surface area (Å²) in [6, 6.07) is 7.29. The Morgan fingerprint density at radius 1 is 1.37 bits per heavy atom. The van der Waals surface area contributed by atoms with Crippen LogP contribution < -0.4 is 0 Å². The first kappa shape index (κ1) is 12.9. The number of Topliss-reactive ketones (excluding diaryl/α,β-unsaturated/α-hetero) is 1. The number of nitrogens with zero attached hydrogens (tertiary/aromatic N) is 3. The maximum Gasteiger partial charge on any atom is 0.360 e. The lowest BCUT2D eigenvalue weighted by atomic mass is 10.1.